The van der Waals surface area contributed by atoms with Crippen LogP contribution in [0, 0.1) is 0 Å². The minimum Gasteiger partial charge on any atom is -0.375 e. The maximum absolute atomic E-state index is 13.1. The molecule has 0 aliphatic carbocycles. The summed E-state index contributed by atoms with van der Waals surface area (Å²) in [5.41, 5.74) is 3.79. The molecule has 2 atom stereocenters. The van der Waals surface area contributed by atoms with Gasteiger partial charge in [-0.25, -0.2) is 0 Å². The summed E-state index contributed by atoms with van der Waals surface area (Å²) in [5, 5.41) is 6.84. The number of benzene rings is 2. The first-order valence-electron chi connectivity index (χ1n) is 12.1. The van der Waals surface area contributed by atoms with E-state index in [1.165, 1.54) is 17.3 Å². The van der Waals surface area contributed by atoms with E-state index >= 15 is 0 Å². The molecule has 3 heterocycles. The Morgan fingerprint density at radius 3 is 2.24 bits per heavy atom. The standard InChI is InChI=1S/C21H21ClF3N3O.C4F6O2/c22-17-2-1-13(21(23,24)25)8-18(17)27-14-7-12-11-29-6-5-28-19-3-4-26-10-16(19)15(9-14)20(12)28;5-3(6,7)1(11)2(12)4(8,9)10/h1-2,7-9,16,19,26-27H,3-6,10-11H2;/t16-,19-;/m0./s1. The van der Waals surface area contributed by atoms with Crippen LogP contribution >= 0.6 is 11.6 Å². The van der Waals surface area contributed by atoms with Gasteiger partial charge < -0.3 is 20.3 Å². The van der Waals surface area contributed by atoms with E-state index in [-0.39, 0.29) is 10.7 Å². The highest BCUT2D eigenvalue weighted by atomic mass is 35.5. The highest BCUT2D eigenvalue weighted by molar-refractivity contribution is 6.41. The van der Waals surface area contributed by atoms with Gasteiger partial charge in [0.15, 0.2) is 0 Å². The molecule has 0 bridgehead atoms. The summed E-state index contributed by atoms with van der Waals surface area (Å²) in [6.45, 7) is 3.94. The fourth-order valence-electron chi connectivity index (χ4n) is 5.07. The predicted molar refractivity (Wildman–Crippen MR) is 129 cm³/mol. The van der Waals surface area contributed by atoms with Crippen molar-refractivity contribution in [2.45, 2.75) is 43.5 Å². The lowest BCUT2D eigenvalue weighted by Gasteiger charge is -2.33. The maximum atomic E-state index is 13.1. The molecule has 0 amide bonds. The van der Waals surface area contributed by atoms with Gasteiger partial charge >= 0.3 is 30.1 Å². The molecule has 0 aromatic heterocycles. The number of hydrogen-bond donors (Lipinski definition) is 2. The SMILES string of the molecule is FC(F)(F)c1ccc(Cl)c(Nc2cc3c4c(c2)[C@@H]2CNCC[C@@H]2N4CCOC3)c1.O=C(C(=O)C(F)(F)F)C(F)(F)F. The summed E-state index contributed by atoms with van der Waals surface area (Å²) in [6.07, 6.45) is -14.9. The summed E-state index contributed by atoms with van der Waals surface area (Å²) >= 11 is 6.19. The zero-order valence-corrected chi connectivity index (χ0v) is 21.5. The van der Waals surface area contributed by atoms with Gasteiger partial charge in [0.05, 0.1) is 29.5 Å². The average molecular weight is 618 g/mol. The number of carbonyl (C=O) groups excluding carboxylic acids is 2. The molecule has 6 nitrogen and oxygen atoms in total. The summed E-state index contributed by atoms with van der Waals surface area (Å²) in [4.78, 5) is 21.7. The lowest BCUT2D eigenvalue weighted by Crippen LogP contribution is -2.44. The Morgan fingerprint density at radius 2 is 1.63 bits per heavy atom. The number of hydrogen-bond acceptors (Lipinski definition) is 6. The number of Topliss-reactive ketones (excluding diaryl/α,β-unsaturated/α-hetero) is 2. The van der Waals surface area contributed by atoms with Crippen LogP contribution in [0.2, 0.25) is 5.02 Å². The molecule has 3 aliphatic rings. The molecule has 41 heavy (non-hydrogen) atoms. The van der Waals surface area contributed by atoms with E-state index in [1.807, 2.05) is 6.07 Å². The van der Waals surface area contributed by atoms with E-state index < -0.39 is 35.7 Å². The van der Waals surface area contributed by atoms with Crippen LogP contribution in [0.3, 0.4) is 0 Å². The van der Waals surface area contributed by atoms with Crippen molar-refractivity contribution in [1.29, 1.82) is 0 Å². The van der Waals surface area contributed by atoms with E-state index in [0.717, 1.165) is 49.4 Å². The molecular weight excluding hydrogens is 597 g/mol. The molecule has 2 N–H and O–H groups in total. The van der Waals surface area contributed by atoms with E-state index in [9.17, 15) is 49.1 Å². The van der Waals surface area contributed by atoms with Gasteiger partial charge in [0, 0.05) is 42.0 Å². The van der Waals surface area contributed by atoms with Crippen molar-refractivity contribution in [2.24, 2.45) is 0 Å². The summed E-state index contributed by atoms with van der Waals surface area (Å²) in [7, 11) is 0. The number of piperidine rings is 1. The van der Waals surface area contributed by atoms with Gasteiger partial charge in [0.2, 0.25) is 0 Å². The van der Waals surface area contributed by atoms with Gasteiger partial charge in [-0.1, -0.05) is 11.6 Å². The van der Waals surface area contributed by atoms with Gasteiger partial charge in [0.1, 0.15) is 0 Å². The number of fused-ring (bicyclic) bond motifs is 3. The second-order valence-corrected chi connectivity index (χ2v) is 9.86. The molecular formula is C25H21ClF9N3O3. The van der Waals surface area contributed by atoms with Crippen molar-refractivity contribution in [3.63, 3.8) is 0 Å². The number of nitrogens with zero attached hydrogens (tertiary/aromatic N) is 1. The van der Waals surface area contributed by atoms with Crippen LogP contribution in [0.5, 0.6) is 0 Å². The molecule has 0 radical (unpaired) electrons. The monoisotopic (exact) mass is 617 g/mol. The molecule has 5 rings (SSSR count). The number of nitrogens with one attached hydrogen (secondary N) is 2. The third kappa shape index (κ3) is 6.72. The second-order valence-electron chi connectivity index (χ2n) is 9.46. The maximum Gasteiger partial charge on any atom is 0.458 e. The highest BCUT2D eigenvalue weighted by Crippen LogP contribution is 2.48. The van der Waals surface area contributed by atoms with Gasteiger partial charge in [-0.15, -0.1) is 0 Å². The zero-order valence-electron chi connectivity index (χ0n) is 20.7. The fraction of sp³-hybridized carbons (Fsp3) is 0.440. The van der Waals surface area contributed by atoms with Gasteiger partial charge in [-0.2, -0.15) is 39.5 Å². The zero-order chi connectivity index (χ0) is 30.3. The van der Waals surface area contributed by atoms with Gasteiger partial charge in [-0.05, 0) is 48.9 Å². The third-order valence-electron chi connectivity index (χ3n) is 6.78. The number of halogens is 10. The smallest absolute Gasteiger partial charge is 0.375 e. The Morgan fingerprint density at radius 1 is 0.976 bits per heavy atom. The first kappa shape index (κ1) is 30.9. The van der Waals surface area contributed by atoms with Crippen LogP contribution in [-0.4, -0.2) is 56.2 Å². The normalized spacial score (nSPS) is 20.3. The second kappa shape index (κ2) is 11.3. The predicted octanol–water partition coefficient (Wildman–Crippen LogP) is 6.15. The topological polar surface area (TPSA) is 70.7 Å². The number of alkyl halides is 9. The number of anilines is 3. The van der Waals surface area contributed by atoms with Gasteiger partial charge in [-0.3, -0.25) is 9.59 Å². The molecule has 2 aromatic rings. The molecule has 1 saturated heterocycles. The van der Waals surface area contributed by atoms with Crippen molar-refractivity contribution < 1.29 is 53.8 Å². The Balaban J connectivity index is 0.000000275. The van der Waals surface area contributed by atoms with E-state index in [2.05, 4.69) is 21.6 Å². The number of carbonyl (C=O) groups is 2. The summed E-state index contributed by atoms with van der Waals surface area (Å²) < 4.78 is 112. The molecule has 2 aromatic carbocycles. The van der Waals surface area contributed by atoms with Crippen molar-refractivity contribution in [2.75, 3.05) is 36.5 Å². The highest BCUT2D eigenvalue weighted by Gasteiger charge is 2.54. The first-order chi connectivity index (χ1) is 19.0. The minimum atomic E-state index is -5.77. The van der Waals surface area contributed by atoms with Crippen molar-refractivity contribution >= 4 is 40.2 Å². The Hall–Kier alpha value is -3.04. The Kier molecular flexibility index (Phi) is 8.54. The average Bonchev–Trinajstić information content (AvgIpc) is 3.03. The van der Waals surface area contributed by atoms with E-state index in [0.29, 0.717) is 25.2 Å². The van der Waals surface area contributed by atoms with Crippen LogP contribution in [0.4, 0.5) is 56.6 Å². The molecule has 0 saturated carbocycles. The lowest BCUT2D eigenvalue weighted by atomic mass is 9.89. The van der Waals surface area contributed by atoms with Crippen LogP contribution in [0.1, 0.15) is 29.0 Å². The number of ether oxygens (including phenoxy) is 1. The lowest BCUT2D eigenvalue weighted by molar-refractivity contribution is -0.193. The van der Waals surface area contributed by atoms with Crippen LogP contribution in [-0.2, 0) is 27.1 Å². The van der Waals surface area contributed by atoms with E-state index in [4.69, 9.17) is 16.3 Å². The third-order valence-corrected chi connectivity index (χ3v) is 7.11. The van der Waals surface area contributed by atoms with Gasteiger partial charge in [0.25, 0.3) is 0 Å². The molecule has 16 heteroatoms. The fourth-order valence-corrected chi connectivity index (χ4v) is 5.23. The van der Waals surface area contributed by atoms with Crippen LogP contribution in [0.15, 0.2) is 30.3 Å². The first-order valence-corrected chi connectivity index (χ1v) is 12.4. The molecule has 224 valence electrons. The number of ketones is 2. The summed E-state index contributed by atoms with van der Waals surface area (Å²) in [6, 6.07) is 7.80. The van der Waals surface area contributed by atoms with Crippen LogP contribution in [0.25, 0.3) is 0 Å². The van der Waals surface area contributed by atoms with Crippen molar-refractivity contribution in [1.82, 2.24) is 5.32 Å². The molecule has 0 spiro atoms. The molecule has 1 fully saturated rings. The summed E-state index contributed by atoms with van der Waals surface area (Å²) in [5.74, 6) is -6.45. The minimum absolute atomic E-state index is 0.247. The van der Waals surface area contributed by atoms with Crippen molar-refractivity contribution in [3.05, 3.63) is 52.0 Å². The quantitative estimate of drug-likeness (QED) is 0.318. The van der Waals surface area contributed by atoms with Crippen molar-refractivity contribution in [3.8, 4) is 0 Å². The molecule has 0 unspecified atom stereocenters. The Bertz CT molecular complexity index is 1300. The largest absolute Gasteiger partial charge is 0.458 e. The number of rotatable bonds is 3. The van der Waals surface area contributed by atoms with Crippen LogP contribution < -0.4 is 15.5 Å². The van der Waals surface area contributed by atoms with E-state index in [1.54, 1.807) is 0 Å². The molecule has 3 aliphatic heterocycles. The Labute approximate surface area is 231 Å².